The number of nitrogens with one attached hydrogen (secondary N) is 2. The number of hydrogen-bond acceptors (Lipinski definition) is 4. The van der Waals surface area contributed by atoms with Gasteiger partial charge in [0.1, 0.15) is 0 Å². The molecule has 1 aliphatic carbocycles. The SMILES string of the molecule is O=C(Cc1csc(NC(=O)C2CCCC2)n1)NCc1ccccc1. The molecule has 0 saturated heterocycles. The molecule has 1 fully saturated rings. The van der Waals surface area contributed by atoms with Crippen molar-refractivity contribution < 1.29 is 9.59 Å². The smallest absolute Gasteiger partial charge is 0.229 e. The van der Waals surface area contributed by atoms with Crippen molar-refractivity contribution in [2.75, 3.05) is 5.32 Å². The van der Waals surface area contributed by atoms with E-state index >= 15 is 0 Å². The number of aromatic nitrogens is 1. The van der Waals surface area contributed by atoms with Gasteiger partial charge in [0.15, 0.2) is 5.13 Å². The Hall–Kier alpha value is -2.21. The van der Waals surface area contributed by atoms with Crippen molar-refractivity contribution in [3.63, 3.8) is 0 Å². The van der Waals surface area contributed by atoms with Crippen LogP contribution in [0.4, 0.5) is 5.13 Å². The second-order valence-electron chi connectivity index (χ2n) is 6.05. The quantitative estimate of drug-likeness (QED) is 0.846. The number of hydrogen-bond donors (Lipinski definition) is 2. The fourth-order valence-corrected chi connectivity index (χ4v) is 3.58. The van der Waals surface area contributed by atoms with E-state index in [2.05, 4.69) is 15.6 Å². The lowest BCUT2D eigenvalue weighted by Gasteiger charge is -2.07. The van der Waals surface area contributed by atoms with Gasteiger partial charge >= 0.3 is 0 Å². The lowest BCUT2D eigenvalue weighted by atomic mass is 10.1. The molecule has 0 unspecified atom stereocenters. The molecule has 0 aliphatic heterocycles. The maximum absolute atomic E-state index is 12.1. The van der Waals surface area contributed by atoms with E-state index in [4.69, 9.17) is 0 Å². The average molecular weight is 343 g/mol. The van der Waals surface area contributed by atoms with E-state index in [1.165, 1.54) is 11.3 Å². The first-order valence-corrected chi connectivity index (χ1v) is 9.14. The van der Waals surface area contributed by atoms with E-state index in [1.807, 2.05) is 35.7 Å². The van der Waals surface area contributed by atoms with Crippen molar-refractivity contribution in [2.45, 2.75) is 38.6 Å². The lowest BCUT2D eigenvalue weighted by molar-refractivity contribution is -0.121. The van der Waals surface area contributed by atoms with Gasteiger partial charge in [-0.1, -0.05) is 43.2 Å². The van der Waals surface area contributed by atoms with Crippen LogP contribution in [-0.2, 0) is 22.6 Å². The first kappa shape index (κ1) is 16.6. The summed E-state index contributed by atoms with van der Waals surface area (Å²) in [6.07, 6.45) is 4.41. The number of benzene rings is 1. The van der Waals surface area contributed by atoms with Crippen LogP contribution in [0.25, 0.3) is 0 Å². The van der Waals surface area contributed by atoms with Crippen molar-refractivity contribution in [3.8, 4) is 0 Å². The molecule has 0 bridgehead atoms. The highest BCUT2D eigenvalue weighted by molar-refractivity contribution is 7.13. The van der Waals surface area contributed by atoms with Crippen LogP contribution < -0.4 is 10.6 Å². The van der Waals surface area contributed by atoms with Gasteiger partial charge in [0.05, 0.1) is 12.1 Å². The normalized spacial score (nSPS) is 14.5. The zero-order chi connectivity index (χ0) is 16.8. The average Bonchev–Trinajstić information content (AvgIpc) is 3.26. The van der Waals surface area contributed by atoms with Gasteiger partial charge in [-0.15, -0.1) is 11.3 Å². The molecule has 126 valence electrons. The number of rotatable bonds is 6. The largest absolute Gasteiger partial charge is 0.352 e. The topological polar surface area (TPSA) is 71.1 Å². The predicted octanol–water partition coefficient (Wildman–Crippen LogP) is 3.13. The minimum atomic E-state index is -0.0715. The molecule has 1 aromatic carbocycles. The van der Waals surface area contributed by atoms with Crippen LogP contribution in [0.3, 0.4) is 0 Å². The molecule has 0 radical (unpaired) electrons. The summed E-state index contributed by atoms with van der Waals surface area (Å²) in [6.45, 7) is 0.509. The minimum absolute atomic E-state index is 0.0573. The lowest BCUT2D eigenvalue weighted by Crippen LogP contribution is -2.24. The first-order chi connectivity index (χ1) is 11.7. The molecule has 1 saturated carbocycles. The molecule has 0 atom stereocenters. The summed E-state index contributed by atoms with van der Waals surface area (Å²) in [4.78, 5) is 28.4. The molecule has 1 aliphatic rings. The maximum Gasteiger partial charge on any atom is 0.229 e. The van der Waals surface area contributed by atoms with Gasteiger partial charge in [0.25, 0.3) is 0 Å². The fraction of sp³-hybridized carbons (Fsp3) is 0.389. The van der Waals surface area contributed by atoms with Crippen LogP contribution in [0.2, 0.25) is 0 Å². The van der Waals surface area contributed by atoms with Gasteiger partial charge in [-0.3, -0.25) is 9.59 Å². The Labute approximate surface area is 145 Å². The van der Waals surface area contributed by atoms with Crippen molar-refractivity contribution in [1.29, 1.82) is 0 Å². The Morgan fingerprint density at radius 1 is 1.17 bits per heavy atom. The zero-order valence-corrected chi connectivity index (χ0v) is 14.3. The molecule has 0 spiro atoms. The molecular weight excluding hydrogens is 322 g/mol. The van der Waals surface area contributed by atoms with E-state index in [9.17, 15) is 9.59 Å². The van der Waals surface area contributed by atoms with Gasteiger partial charge in [-0.25, -0.2) is 4.98 Å². The Morgan fingerprint density at radius 3 is 2.67 bits per heavy atom. The molecule has 2 aromatic rings. The predicted molar refractivity (Wildman–Crippen MR) is 94.7 cm³/mol. The van der Waals surface area contributed by atoms with Crippen LogP contribution in [-0.4, -0.2) is 16.8 Å². The zero-order valence-electron chi connectivity index (χ0n) is 13.5. The number of nitrogens with zero attached hydrogens (tertiary/aromatic N) is 1. The van der Waals surface area contributed by atoms with Gasteiger partial charge in [0.2, 0.25) is 11.8 Å². The second-order valence-corrected chi connectivity index (χ2v) is 6.91. The summed E-state index contributed by atoms with van der Waals surface area (Å²) in [5, 5.41) is 8.16. The van der Waals surface area contributed by atoms with Crippen LogP contribution in [0.5, 0.6) is 0 Å². The van der Waals surface area contributed by atoms with E-state index in [-0.39, 0.29) is 24.2 Å². The molecule has 5 nitrogen and oxygen atoms in total. The Kier molecular flexibility index (Phi) is 5.59. The molecule has 6 heteroatoms. The van der Waals surface area contributed by atoms with E-state index in [0.29, 0.717) is 17.4 Å². The molecule has 24 heavy (non-hydrogen) atoms. The summed E-state index contributed by atoms with van der Waals surface area (Å²) in [6, 6.07) is 9.78. The van der Waals surface area contributed by atoms with Crippen molar-refractivity contribution in [3.05, 3.63) is 47.0 Å². The molecule has 1 aromatic heterocycles. The Morgan fingerprint density at radius 2 is 1.92 bits per heavy atom. The van der Waals surface area contributed by atoms with Gasteiger partial charge in [-0.05, 0) is 18.4 Å². The highest BCUT2D eigenvalue weighted by Crippen LogP contribution is 2.26. The fourth-order valence-electron chi connectivity index (χ4n) is 2.86. The van der Waals surface area contributed by atoms with Crippen LogP contribution in [0, 0.1) is 5.92 Å². The van der Waals surface area contributed by atoms with Gasteiger partial charge in [-0.2, -0.15) is 0 Å². The van der Waals surface area contributed by atoms with Gasteiger partial charge in [0, 0.05) is 17.8 Å². The van der Waals surface area contributed by atoms with Gasteiger partial charge < -0.3 is 10.6 Å². The number of amides is 2. The van der Waals surface area contributed by atoms with Crippen LogP contribution in [0.1, 0.15) is 36.9 Å². The Bertz CT molecular complexity index is 693. The van der Waals surface area contributed by atoms with E-state index in [0.717, 1.165) is 31.2 Å². The third-order valence-corrected chi connectivity index (χ3v) is 4.99. The molecular formula is C18H21N3O2S. The first-order valence-electron chi connectivity index (χ1n) is 8.26. The molecule has 1 heterocycles. The highest BCUT2D eigenvalue weighted by Gasteiger charge is 2.23. The minimum Gasteiger partial charge on any atom is -0.352 e. The van der Waals surface area contributed by atoms with Crippen molar-refractivity contribution in [2.24, 2.45) is 5.92 Å². The monoisotopic (exact) mass is 343 g/mol. The number of anilines is 1. The van der Waals surface area contributed by atoms with Crippen LogP contribution >= 0.6 is 11.3 Å². The third kappa shape index (κ3) is 4.64. The van der Waals surface area contributed by atoms with E-state index < -0.39 is 0 Å². The number of carbonyl (C=O) groups excluding carboxylic acids is 2. The van der Waals surface area contributed by atoms with E-state index in [1.54, 1.807) is 0 Å². The summed E-state index contributed by atoms with van der Waals surface area (Å²) >= 11 is 1.37. The Balaban J connectivity index is 1.46. The van der Waals surface area contributed by atoms with Crippen LogP contribution in [0.15, 0.2) is 35.7 Å². The molecule has 3 rings (SSSR count). The summed E-state index contributed by atoms with van der Waals surface area (Å²) < 4.78 is 0. The van der Waals surface area contributed by atoms with Crippen molar-refractivity contribution >= 4 is 28.3 Å². The number of thiazole rings is 1. The third-order valence-electron chi connectivity index (χ3n) is 4.18. The summed E-state index contributed by atoms with van der Waals surface area (Å²) in [5.74, 6) is 0.103. The second kappa shape index (κ2) is 8.06. The standard InChI is InChI=1S/C18H21N3O2S/c22-16(19-11-13-6-2-1-3-7-13)10-15-12-24-18(20-15)21-17(23)14-8-4-5-9-14/h1-3,6-7,12,14H,4-5,8-11H2,(H,19,22)(H,20,21,23). The summed E-state index contributed by atoms with van der Waals surface area (Å²) in [5.41, 5.74) is 1.75. The maximum atomic E-state index is 12.1. The molecule has 2 N–H and O–H groups in total. The number of carbonyl (C=O) groups is 2. The highest BCUT2D eigenvalue weighted by atomic mass is 32.1. The summed E-state index contributed by atoms with van der Waals surface area (Å²) in [7, 11) is 0. The molecule has 2 amide bonds. The van der Waals surface area contributed by atoms with Crippen molar-refractivity contribution in [1.82, 2.24) is 10.3 Å².